The fraction of sp³-hybridized carbons (Fsp3) is 0.303. The van der Waals surface area contributed by atoms with Crippen molar-refractivity contribution >= 4 is 38.9 Å². The Bertz CT molecular complexity index is 1590. The molecule has 3 aromatic rings. The van der Waals surface area contributed by atoms with Crippen LogP contribution in [-0.4, -0.2) is 44.1 Å². The number of amides is 2. The fourth-order valence-electron chi connectivity index (χ4n) is 5.11. The first-order valence-electron chi connectivity index (χ1n) is 14.0. The smallest absolute Gasteiger partial charge is 0.305 e. The number of rotatable bonds is 11. The first kappa shape index (κ1) is 30.7. The number of nitrogens with one attached hydrogen (secondary N) is 2. The zero-order valence-electron chi connectivity index (χ0n) is 23.9. The lowest BCUT2D eigenvalue weighted by molar-refractivity contribution is -0.136. The summed E-state index contributed by atoms with van der Waals surface area (Å²) in [4.78, 5) is 37.0. The van der Waals surface area contributed by atoms with E-state index in [4.69, 9.17) is 5.11 Å². The van der Waals surface area contributed by atoms with Crippen LogP contribution in [0.15, 0.2) is 77.7 Å². The van der Waals surface area contributed by atoms with Gasteiger partial charge in [0.15, 0.2) is 9.84 Å². The average molecular weight is 589 g/mol. The molecule has 0 saturated carbocycles. The second kappa shape index (κ2) is 13.6. The fourth-order valence-corrected chi connectivity index (χ4v) is 6.11. The van der Waals surface area contributed by atoms with Gasteiger partial charge in [-0.3, -0.25) is 14.4 Å². The van der Waals surface area contributed by atoms with Crippen molar-refractivity contribution in [2.24, 2.45) is 0 Å². The molecule has 1 atom stereocenters. The quantitative estimate of drug-likeness (QED) is 0.270. The Balaban J connectivity index is 1.58. The molecule has 0 bridgehead atoms. The van der Waals surface area contributed by atoms with Gasteiger partial charge < -0.3 is 15.7 Å². The Morgan fingerprint density at radius 1 is 0.952 bits per heavy atom. The number of carbonyl (C=O) groups is 3. The van der Waals surface area contributed by atoms with Crippen LogP contribution < -0.4 is 10.6 Å². The van der Waals surface area contributed by atoms with Crippen molar-refractivity contribution in [1.82, 2.24) is 5.32 Å². The number of anilines is 1. The lowest BCUT2D eigenvalue weighted by Gasteiger charge is -2.20. The van der Waals surface area contributed by atoms with Gasteiger partial charge in [0.1, 0.15) is 0 Å². The van der Waals surface area contributed by atoms with Crippen molar-refractivity contribution in [3.05, 3.63) is 101 Å². The van der Waals surface area contributed by atoms with Gasteiger partial charge in [0.25, 0.3) is 5.91 Å². The summed E-state index contributed by atoms with van der Waals surface area (Å²) in [6.45, 7) is 1.75. The number of carbonyl (C=O) groups excluding carboxylic acids is 2. The van der Waals surface area contributed by atoms with Crippen LogP contribution in [0.1, 0.15) is 70.6 Å². The van der Waals surface area contributed by atoms with E-state index in [2.05, 4.69) is 16.7 Å². The summed E-state index contributed by atoms with van der Waals surface area (Å²) in [6, 6.07) is 19.7. The molecule has 2 amide bonds. The third-order valence-corrected chi connectivity index (χ3v) is 8.67. The molecule has 1 aliphatic rings. The van der Waals surface area contributed by atoms with Gasteiger partial charge in [-0.15, -0.1) is 0 Å². The van der Waals surface area contributed by atoms with Crippen LogP contribution in [0.2, 0.25) is 0 Å². The van der Waals surface area contributed by atoms with Crippen LogP contribution in [0.5, 0.6) is 0 Å². The van der Waals surface area contributed by atoms with Crippen molar-refractivity contribution in [2.75, 3.05) is 18.1 Å². The van der Waals surface area contributed by atoms with Crippen LogP contribution in [0, 0.1) is 6.92 Å². The first-order valence-corrected chi connectivity index (χ1v) is 15.9. The third-order valence-electron chi connectivity index (χ3n) is 7.43. The number of hydrogen-bond acceptors (Lipinski definition) is 5. The number of carboxylic acids is 1. The summed E-state index contributed by atoms with van der Waals surface area (Å²) in [5.41, 5.74) is 5.50. The van der Waals surface area contributed by atoms with Crippen LogP contribution in [-0.2, 0) is 25.8 Å². The van der Waals surface area contributed by atoms with E-state index in [1.807, 2.05) is 24.3 Å². The molecule has 0 heterocycles. The van der Waals surface area contributed by atoms with Gasteiger partial charge >= 0.3 is 5.97 Å². The zero-order chi connectivity index (χ0) is 30.3. The van der Waals surface area contributed by atoms with Crippen LogP contribution >= 0.6 is 0 Å². The van der Waals surface area contributed by atoms with E-state index in [-0.39, 0.29) is 29.7 Å². The minimum Gasteiger partial charge on any atom is -0.481 e. The SMILES string of the molecule is Cc1ccc(NC(=O)C(Cc2ccc(C(=O)NCCC(=O)O)cc2)c2ccc(C3=CCCCC3)cc2)cc1S(C)(=O)=O. The number of allylic oxidation sites excluding steroid dienone is 2. The third kappa shape index (κ3) is 8.16. The minimum atomic E-state index is -3.47. The molecule has 0 aliphatic heterocycles. The summed E-state index contributed by atoms with van der Waals surface area (Å²) < 4.78 is 24.5. The summed E-state index contributed by atoms with van der Waals surface area (Å²) in [5, 5.41) is 14.3. The standard InChI is InChI=1S/C33H36N2O6S/c1-22-8-17-28(21-30(22)42(2,40)41)35-33(39)29(26-15-13-25(14-16-26)24-6-4-3-5-7-24)20-23-9-11-27(12-10-23)32(38)34-19-18-31(36)37/h6,8-17,21,29H,3-5,7,18-20H2,1-2H3,(H,34,38)(H,35,39)(H,36,37). The van der Waals surface area contributed by atoms with Gasteiger partial charge in [0, 0.05) is 24.1 Å². The number of hydrogen-bond donors (Lipinski definition) is 3. The van der Waals surface area contributed by atoms with Gasteiger partial charge in [0.05, 0.1) is 17.2 Å². The molecule has 220 valence electrons. The molecule has 0 radical (unpaired) electrons. The van der Waals surface area contributed by atoms with Crippen molar-refractivity contribution < 1.29 is 27.9 Å². The van der Waals surface area contributed by atoms with Crippen LogP contribution in [0.4, 0.5) is 5.69 Å². The predicted molar refractivity (Wildman–Crippen MR) is 163 cm³/mol. The number of carboxylic acid groups (broad SMARTS) is 1. The van der Waals surface area contributed by atoms with E-state index >= 15 is 0 Å². The number of aryl methyl sites for hydroxylation is 1. The molecule has 0 spiro atoms. The highest BCUT2D eigenvalue weighted by Gasteiger charge is 2.23. The minimum absolute atomic E-state index is 0.0329. The van der Waals surface area contributed by atoms with E-state index in [0.29, 0.717) is 23.2 Å². The van der Waals surface area contributed by atoms with Gasteiger partial charge in [0.2, 0.25) is 5.91 Å². The molecule has 1 unspecified atom stereocenters. The van der Waals surface area contributed by atoms with Crippen molar-refractivity contribution in [2.45, 2.75) is 56.3 Å². The Hall–Kier alpha value is -4.24. The molecule has 1 aliphatic carbocycles. The molecule has 8 nitrogen and oxygen atoms in total. The van der Waals surface area contributed by atoms with E-state index in [0.717, 1.165) is 42.2 Å². The predicted octanol–water partition coefficient (Wildman–Crippen LogP) is 5.53. The van der Waals surface area contributed by atoms with Crippen molar-refractivity contribution in [1.29, 1.82) is 0 Å². The zero-order valence-corrected chi connectivity index (χ0v) is 24.7. The molecule has 42 heavy (non-hydrogen) atoms. The van der Waals surface area contributed by atoms with Gasteiger partial charge in [-0.2, -0.15) is 0 Å². The number of benzene rings is 3. The van der Waals surface area contributed by atoms with E-state index in [1.54, 1.807) is 43.3 Å². The number of sulfone groups is 1. The Morgan fingerprint density at radius 2 is 1.67 bits per heavy atom. The van der Waals surface area contributed by atoms with E-state index in [1.165, 1.54) is 18.1 Å². The van der Waals surface area contributed by atoms with E-state index in [9.17, 15) is 22.8 Å². The lowest BCUT2D eigenvalue weighted by atomic mass is 9.88. The summed E-state index contributed by atoms with van der Waals surface area (Å²) in [6.07, 6.45) is 8.08. The molecule has 0 fully saturated rings. The van der Waals surface area contributed by atoms with Crippen molar-refractivity contribution in [3.8, 4) is 0 Å². The largest absolute Gasteiger partial charge is 0.481 e. The van der Waals surface area contributed by atoms with Gasteiger partial charge in [-0.05, 0) is 91.1 Å². The van der Waals surface area contributed by atoms with Gasteiger partial charge in [-0.25, -0.2) is 8.42 Å². The molecule has 3 N–H and O–H groups in total. The molecule has 0 saturated heterocycles. The Kier molecular flexibility index (Phi) is 9.96. The second-order valence-corrected chi connectivity index (χ2v) is 12.7. The molecule has 3 aromatic carbocycles. The molecular formula is C33H36N2O6S. The summed E-state index contributed by atoms with van der Waals surface area (Å²) in [7, 11) is -3.47. The van der Waals surface area contributed by atoms with Crippen molar-refractivity contribution in [3.63, 3.8) is 0 Å². The topological polar surface area (TPSA) is 130 Å². The van der Waals surface area contributed by atoms with Crippen LogP contribution in [0.3, 0.4) is 0 Å². The maximum atomic E-state index is 13.7. The summed E-state index contributed by atoms with van der Waals surface area (Å²) >= 11 is 0. The van der Waals surface area contributed by atoms with Crippen LogP contribution in [0.25, 0.3) is 5.57 Å². The highest BCUT2D eigenvalue weighted by atomic mass is 32.2. The maximum absolute atomic E-state index is 13.7. The Morgan fingerprint density at radius 3 is 2.29 bits per heavy atom. The monoisotopic (exact) mass is 588 g/mol. The van der Waals surface area contributed by atoms with E-state index < -0.39 is 21.7 Å². The molecular weight excluding hydrogens is 552 g/mol. The first-order chi connectivity index (χ1) is 20.0. The maximum Gasteiger partial charge on any atom is 0.305 e. The van der Waals surface area contributed by atoms with Gasteiger partial charge in [-0.1, -0.05) is 48.5 Å². The average Bonchev–Trinajstić information content (AvgIpc) is 2.97. The number of aliphatic carboxylic acids is 1. The summed E-state index contributed by atoms with van der Waals surface area (Å²) in [5.74, 6) is -2.22. The Labute approximate surface area is 246 Å². The highest BCUT2D eigenvalue weighted by molar-refractivity contribution is 7.90. The molecule has 4 rings (SSSR count). The normalized spacial score (nSPS) is 14.0. The second-order valence-electron chi connectivity index (χ2n) is 10.7. The molecule has 9 heteroatoms. The molecule has 0 aromatic heterocycles. The highest BCUT2D eigenvalue weighted by Crippen LogP contribution is 2.30. The lowest BCUT2D eigenvalue weighted by Crippen LogP contribution is -2.26.